The number of alkyl carbamates (subject to hydrolysis) is 1. The highest BCUT2D eigenvalue weighted by Crippen LogP contribution is 2.44. The first kappa shape index (κ1) is 23.3. The predicted octanol–water partition coefficient (Wildman–Crippen LogP) is 2.50. The zero-order valence-electron chi connectivity index (χ0n) is 18.1. The molecule has 170 valence electrons. The molecule has 0 unspecified atom stereocenters. The van der Waals surface area contributed by atoms with Crippen LogP contribution in [0.3, 0.4) is 0 Å². The van der Waals surface area contributed by atoms with Crippen LogP contribution in [-0.4, -0.2) is 54.0 Å². The van der Waals surface area contributed by atoms with E-state index in [9.17, 15) is 14.4 Å². The van der Waals surface area contributed by atoms with Gasteiger partial charge in [-0.3, -0.25) is 4.79 Å². The lowest BCUT2D eigenvalue weighted by atomic mass is 9.88. The zero-order chi connectivity index (χ0) is 23.3. The van der Waals surface area contributed by atoms with Crippen LogP contribution in [0.4, 0.5) is 4.79 Å². The van der Waals surface area contributed by atoms with E-state index in [-0.39, 0.29) is 25.5 Å². The highest BCUT2D eigenvalue weighted by molar-refractivity contribution is 5.87. The van der Waals surface area contributed by atoms with Crippen LogP contribution in [0.15, 0.2) is 48.5 Å². The number of hydrogen-bond acceptors (Lipinski definition) is 5. The highest BCUT2D eigenvalue weighted by Gasteiger charge is 2.32. The van der Waals surface area contributed by atoms with E-state index in [0.717, 1.165) is 22.3 Å². The van der Waals surface area contributed by atoms with Crippen LogP contribution in [-0.2, 0) is 14.3 Å². The number of aliphatic hydroxyl groups is 1. The van der Waals surface area contributed by atoms with Gasteiger partial charge in [-0.15, -0.1) is 0 Å². The smallest absolute Gasteiger partial charge is 0.407 e. The summed E-state index contributed by atoms with van der Waals surface area (Å²) in [5.74, 6) is -1.87. The van der Waals surface area contributed by atoms with Gasteiger partial charge in [0, 0.05) is 17.9 Å². The molecule has 2 amide bonds. The molecule has 2 aromatic carbocycles. The molecule has 0 saturated carbocycles. The van der Waals surface area contributed by atoms with E-state index in [1.54, 1.807) is 13.8 Å². The summed E-state index contributed by atoms with van der Waals surface area (Å²) in [5.41, 5.74) is 3.59. The minimum Gasteiger partial charge on any atom is -0.480 e. The van der Waals surface area contributed by atoms with Crippen molar-refractivity contribution in [2.75, 3.05) is 19.8 Å². The highest BCUT2D eigenvalue weighted by atomic mass is 16.5. The number of aliphatic hydroxyl groups excluding tert-OH is 1. The number of fused-ring (bicyclic) bond motifs is 3. The standard InChI is InChI=1S/C24H28N2O6/c1-24(2,22(30)26-20(13-27)21(28)29)11-12-25-23(31)32-14-19-17-9-5-3-7-15(17)16-8-4-6-10-18(16)19/h3-10,19-20,27H,11-14H2,1-2H3,(H,25,31)(H,26,30)(H,28,29)/t20-/m0/s1. The topological polar surface area (TPSA) is 125 Å². The van der Waals surface area contributed by atoms with Gasteiger partial charge >= 0.3 is 12.1 Å². The van der Waals surface area contributed by atoms with Crippen molar-refractivity contribution in [3.63, 3.8) is 0 Å². The van der Waals surface area contributed by atoms with Gasteiger partial charge in [0.15, 0.2) is 0 Å². The van der Waals surface area contributed by atoms with Crippen molar-refractivity contribution in [2.24, 2.45) is 5.41 Å². The number of carbonyl (C=O) groups is 3. The van der Waals surface area contributed by atoms with Gasteiger partial charge in [0.2, 0.25) is 5.91 Å². The number of aliphatic carboxylic acids is 1. The average Bonchev–Trinajstić information content (AvgIpc) is 3.09. The number of carboxylic acids is 1. The van der Waals surface area contributed by atoms with Gasteiger partial charge in [-0.1, -0.05) is 62.4 Å². The molecule has 0 aromatic heterocycles. The second kappa shape index (κ2) is 9.82. The maximum absolute atomic E-state index is 12.3. The summed E-state index contributed by atoms with van der Waals surface area (Å²) >= 11 is 0. The van der Waals surface area contributed by atoms with Crippen LogP contribution in [0.5, 0.6) is 0 Å². The van der Waals surface area contributed by atoms with Crippen LogP contribution < -0.4 is 10.6 Å². The Morgan fingerprint density at radius 1 is 1.03 bits per heavy atom. The minimum atomic E-state index is -1.36. The second-order valence-electron chi connectivity index (χ2n) is 8.43. The van der Waals surface area contributed by atoms with Gasteiger partial charge in [-0.25, -0.2) is 9.59 Å². The number of carboxylic acid groups (broad SMARTS) is 1. The lowest BCUT2D eigenvalue weighted by Gasteiger charge is -2.25. The molecule has 3 rings (SSSR count). The summed E-state index contributed by atoms with van der Waals surface area (Å²) in [6, 6.07) is 14.8. The Morgan fingerprint density at radius 2 is 1.59 bits per heavy atom. The summed E-state index contributed by atoms with van der Waals surface area (Å²) in [6.07, 6.45) is -0.317. The van der Waals surface area contributed by atoms with Crippen LogP contribution >= 0.6 is 0 Å². The molecule has 4 N–H and O–H groups in total. The van der Waals surface area contributed by atoms with E-state index >= 15 is 0 Å². The molecule has 0 spiro atoms. The van der Waals surface area contributed by atoms with Crippen molar-refractivity contribution in [3.8, 4) is 11.1 Å². The van der Waals surface area contributed by atoms with Gasteiger partial charge in [0.05, 0.1) is 6.61 Å². The van der Waals surface area contributed by atoms with E-state index in [4.69, 9.17) is 14.9 Å². The number of benzene rings is 2. The third kappa shape index (κ3) is 5.08. The van der Waals surface area contributed by atoms with Crippen molar-refractivity contribution < 1.29 is 29.3 Å². The Hall–Kier alpha value is -3.39. The largest absolute Gasteiger partial charge is 0.480 e. The average molecular weight is 440 g/mol. The number of rotatable bonds is 9. The van der Waals surface area contributed by atoms with Gasteiger partial charge < -0.3 is 25.6 Å². The van der Waals surface area contributed by atoms with Crippen molar-refractivity contribution in [1.29, 1.82) is 0 Å². The normalized spacial score (nSPS) is 13.6. The molecule has 0 aliphatic heterocycles. The molecule has 8 nitrogen and oxygen atoms in total. The first-order valence-electron chi connectivity index (χ1n) is 10.5. The maximum atomic E-state index is 12.3. The zero-order valence-corrected chi connectivity index (χ0v) is 18.1. The van der Waals surface area contributed by atoms with E-state index in [1.807, 2.05) is 36.4 Å². The fraction of sp³-hybridized carbons (Fsp3) is 0.375. The summed E-state index contributed by atoms with van der Waals surface area (Å²) in [5, 5.41) is 23.0. The SMILES string of the molecule is CC(C)(CCNC(=O)OCC1c2ccccc2-c2ccccc21)C(=O)N[C@@H](CO)C(=O)O. The summed E-state index contributed by atoms with van der Waals surface area (Å²) in [6.45, 7) is 2.94. The third-order valence-corrected chi connectivity index (χ3v) is 5.76. The molecule has 1 aliphatic rings. The van der Waals surface area contributed by atoms with Gasteiger partial charge in [-0.05, 0) is 28.7 Å². The van der Waals surface area contributed by atoms with Gasteiger partial charge in [0.1, 0.15) is 12.6 Å². The molecular formula is C24H28N2O6. The Kier molecular flexibility index (Phi) is 7.15. The maximum Gasteiger partial charge on any atom is 0.407 e. The fourth-order valence-electron chi connectivity index (χ4n) is 3.78. The van der Waals surface area contributed by atoms with Crippen molar-refractivity contribution in [3.05, 3.63) is 59.7 Å². The van der Waals surface area contributed by atoms with Crippen LogP contribution in [0, 0.1) is 5.41 Å². The number of nitrogens with one attached hydrogen (secondary N) is 2. The fourth-order valence-corrected chi connectivity index (χ4v) is 3.78. The number of ether oxygens (including phenoxy) is 1. The Balaban J connectivity index is 1.51. The summed E-state index contributed by atoms with van der Waals surface area (Å²) in [7, 11) is 0. The second-order valence-corrected chi connectivity index (χ2v) is 8.43. The first-order valence-corrected chi connectivity index (χ1v) is 10.5. The number of carbonyl (C=O) groups excluding carboxylic acids is 2. The lowest BCUT2D eigenvalue weighted by molar-refractivity contribution is -0.144. The molecule has 0 radical (unpaired) electrons. The summed E-state index contributed by atoms with van der Waals surface area (Å²) < 4.78 is 5.47. The lowest BCUT2D eigenvalue weighted by Crippen LogP contribution is -2.49. The van der Waals surface area contributed by atoms with Crippen LogP contribution in [0.1, 0.15) is 37.3 Å². The quantitative estimate of drug-likeness (QED) is 0.475. The molecular weight excluding hydrogens is 412 g/mol. The molecule has 1 aliphatic carbocycles. The van der Waals surface area contributed by atoms with Crippen molar-refractivity contribution in [2.45, 2.75) is 32.2 Å². The molecule has 32 heavy (non-hydrogen) atoms. The van der Waals surface area contributed by atoms with E-state index in [1.165, 1.54) is 0 Å². The Morgan fingerprint density at radius 3 is 2.12 bits per heavy atom. The van der Waals surface area contributed by atoms with E-state index < -0.39 is 36.0 Å². The molecule has 1 atom stereocenters. The minimum absolute atomic E-state index is 0.0400. The molecule has 0 bridgehead atoms. The predicted molar refractivity (Wildman–Crippen MR) is 118 cm³/mol. The molecule has 0 fully saturated rings. The Labute approximate surface area is 186 Å². The van der Waals surface area contributed by atoms with E-state index in [2.05, 4.69) is 22.8 Å². The van der Waals surface area contributed by atoms with Gasteiger partial charge in [0.25, 0.3) is 0 Å². The summed E-state index contributed by atoms with van der Waals surface area (Å²) in [4.78, 5) is 35.5. The van der Waals surface area contributed by atoms with Crippen molar-refractivity contribution >= 4 is 18.0 Å². The molecule has 0 heterocycles. The van der Waals surface area contributed by atoms with Crippen LogP contribution in [0.2, 0.25) is 0 Å². The first-order chi connectivity index (χ1) is 15.2. The van der Waals surface area contributed by atoms with E-state index in [0.29, 0.717) is 0 Å². The van der Waals surface area contributed by atoms with Gasteiger partial charge in [-0.2, -0.15) is 0 Å². The molecule has 2 aromatic rings. The van der Waals surface area contributed by atoms with Crippen molar-refractivity contribution in [1.82, 2.24) is 10.6 Å². The third-order valence-electron chi connectivity index (χ3n) is 5.76. The number of hydrogen-bond donors (Lipinski definition) is 4. The number of amides is 2. The molecule has 8 heteroatoms. The van der Waals surface area contributed by atoms with Crippen LogP contribution in [0.25, 0.3) is 11.1 Å². The molecule has 0 saturated heterocycles. The monoisotopic (exact) mass is 440 g/mol. The Bertz CT molecular complexity index is 958.